The molecule has 0 aliphatic carbocycles. The van der Waals surface area contributed by atoms with E-state index in [1.54, 1.807) is 19.1 Å². The summed E-state index contributed by atoms with van der Waals surface area (Å²) in [5, 5.41) is 12.9. The number of benzene rings is 2. The molecule has 3 N–H and O–H groups in total. The van der Waals surface area contributed by atoms with Gasteiger partial charge in [0.15, 0.2) is 5.82 Å². The van der Waals surface area contributed by atoms with Crippen LogP contribution >= 0.6 is 0 Å². The first kappa shape index (κ1) is 14.4. The molecular formula is C14H12FN3O3. The highest BCUT2D eigenvalue weighted by atomic mass is 19.1. The lowest BCUT2D eigenvalue weighted by molar-refractivity contribution is -0.385. The van der Waals surface area contributed by atoms with Crippen LogP contribution in [0.5, 0.6) is 0 Å². The maximum Gasteiger partial charge on any atom is 0.272 e. The van der Waals surface area contributed by atoms with Crippen molar-refractivity contribution in [3.05, 3.63) is 63.5 Å². The number of nitrogens with one attached hydrogen (secondary N) is 1. The summed E-state index contributed by atoms with van der Waals surface area (Å²) in [6, 6.07) is 7.75. The highest BCUT2D eigenvalue weighted by molar-refractivity contribution is 6.05. The molecule has 2 rings (SSSR count). The van der Waals surface area contributed by atoms with Crippen LogP contribution in [0, 0.1) is 22.9 Å². The van der Waals surface area contributed by atoms with Crippen LogP contribution in [0.4, 0.5) is 21.5 Å². The summed E-state index contributed by atoms with van der Waals surface area (Å²) in [6.07, 6.45) is 0. The number of nitrogen functional groups attached to an aromatic ring is 1. The second-order valence-electron chi connectivity index (χ2n) is 4.45. The number of carbonyl (C=O) groups is 1. The van der Waals surface area contributed by atoms with Gasteiger partial charge in [0.25, 0.3) is 11.6 Å². The van der Waals surface area contributed by atoms with E-state index in [2.05, 4.69) is 5.32 Å². The van der Waals surface area contributed by atoms with Crippen molar-refractivity contribution in [3.8, 4) is 0 Å². The second-order valence-corrected chi connectivity index (χ2v) is 4.45. The van der Waals surface area contributed by atoms with E-state index < -0.39 is 16.6 Å². The normalized spacial score (nSPS) is 10.2. The molecule has 0 bridgehead atoms. The first-order valence-electron chi connectivity index (χ1n) is 6.00. The number of non-ortho nitro benzene ring substituents is 1. The van der Waals surface area contributed by atoms with Gasteiger partial charge >= 0.3 is 0 Å². The monoisotopic (exact) mass is 289 g/mol. The molecule has 6 nitrogen and oxygen atoms in total. The molecule has 0 aliphatic heterocycles. The number of nitro benzene ring substituents is 1. The van der Waals surface area contributed by atoms with Crippen molar-refractivity contribution in [2.24, 2.45) is 0 Å². The van der Waals surface area contributed by atoms with Crippen molar-refractivity contribution in [3.63, 3.8) is 0 Å². The number of hydrogen-bond acceptors (Lipinski definition) is 4. The summed E-state index contributed by atoms with van der Waals surface area (Å²) in [4.78, 5) is 21.9. The molecule has 7 heteroatoms. The van der Waals surface area contributed by atoms with Crippen LogP contribution in [0.2, 0.25) is 0 Å². The summed E-state index contributed by atoms with van der Waals surface area (Å²) in [5.74, 6) is -1.38. The van der Waals surface area contributed by atoms with E-state index in [4.69, 9.17) is 5.73 Å². The number of nitrogens with two attached hydrogens (primary N) is 1. The van der Waals surface area contributed by atoms with Crippen molar-refractivity contribution in [1.82, 2.24) is 0 Å². The summed E-state index contributed by atoms with van der Waals surface area (Å²) < 4.78 is 13.7. The maximum absolute atomic E-state index is 13.7. The predicted octanol–water partition coefficient (Wildman–Crippen LogP) is 2.88. The third-order valence-electron chi connectivity index (χ3n) is 2.91. The molecule has 0 aliphatic rings. The molecule has 0 unspecified atom stereocenters. The molecular weight excluding hydrogens is 277 g/mol. The summed E-state index contributed by atoms with van der Waals surface area (Å²) in [7, 11) is 0. The lowest BCUT2D eigenvalue weighted by Gasteiger charge is -2.09. The highest BCUT2D eigenvalue weighted by Gasteiger charge is 2.14. The van der Waals surface area contributed by atoms with Gasteiger partial charge in [0.2, 0.25) is 0 Å². The minimum absolute atomic E-state index is 0.123. The van der Waals surface area contributed by atoms with Gasteiger partial charge in [-0.15, -0.1) is 0 Å². The van der Waals surface area contributed by atoms with Crippen LogP contribution < -0.4 is 11.1 Å². The van der Waals surface area contributed by atoms with Gasteiger partial charge in [0, 0.05) is 17.3 Å². The van der Waals surface area contributed by atoms with Gasteiger partial charge in [-0.3, -0.25) is 14.9 Å². The van der Waals surface area contributed by atoms with Crippen molar-refractivity contribution >= 4 is 23.0 Å². The highest BCUT2D eigenvalue weighted by Crippen LogP contribution is 2.22. The van der Waals surface area contributed by atoms with Crippen LogP contribution in [0.25, 0.3) is 0 Å². The Balaban J connectivity index is 2.25. The standard InChI is InChI=1S/C14H12FN3O3/c1-8-6-9(16)2-4-11(8)14(19)17-13-5-3-10(18(20)21)7-12(13)15/h2-7H,16H2,1H3,(H,17,19). The number of carbonyl (C=O) groups excluding carboxylic acids is 1. The Bertz CT molecular complexity index is 731. The van der Waals surface area contributed by atoms with Gasteiger partial charge in [-0.1, -0.05) is 0 Å². The predicted molar refractivity (Wildman–Crippen MR) is 76.6 cm³/mol. The number of nitro groups is 1. The SMILES string of the molecule is Cc1cc(N)ccc1C(=O)Nc1ccc([N+](=O)[O-])cc1F. The molecule has 1 amide bonds. The van der Waals surface area contributed by atoms with Crippen molar-refractivity contribution in [2.45, 2.75) is 6.92 Å². The number of nitrogens with zero attached hydrogens (tertiary/aromatic N) is 1. The smallest absolute Gasteiger partial charge is 0.272 e. The van der Waals surface area contributed by atoms with Crippen LogP contribution in [0.1, 0.15) is 15.9 Å². The molecule has 0 atom stereocenters. The van der Waals surface area contributed by atoms with Gasteiger partial charge < -0.3 is 11.1 Å². The fourth-order valence-electron chi connectivity index (χ4n) is 1.85. The lowest BCUT2D eigenvalue weighted by Crippen LogP contribution is -2.14. The Labute approximate surface area is 119 Å². The Morgan fingerprint density at radius 3 is 2.57 bits per heavy atom. The second kappa shape index (κ2) is 5.58. The maximum atomic E-state index is 13.7. The van der Waals surface area contributed by atoms with E-state index >= 15 is 0 Å². The summed E-state index contributed by atoms with van der Waals surface area (Å²) in [5.41, 5.74) is 6.61. The minimum atomic E-state index is -0.870. The van der Waals surface area contributed by atoms with E-state index in [-0.39, 0.29) is 11.4 Å². The largest absolute Gasteiger partial charge is 0.399 e. The van der Waals surface area contributed by atoms with E-state index in [0.717, 1.165) is 18.2 Å². The Morgan fingerprint density at radius 2 is 2.00 bits per heavy atom. The van der Waals surface area contributed by atoms with Crippen molar-refractivity contribution < 1.29 is 14.1 Å². The zero-order valence-corrected chi connectivity index (χ0v) is 11.1. The third-order valence-corrected chi connectivity index (χ3v) is 2.91. The third kappa shape index (κ3) is 3.14. The fraction of sp³-hybridized carbons (Fsp3) is 0.0714. The van der Waals surface area contributed by atoms with Gasteiger partial charge in [-0.05, 0) is 36.8 Å². The van der Waals surface area contributed by atoms with E-state index in [1.165, 1.54) is 6.07 Å². The Hall–Kier alpha value is -2.96. The Morgan fingerprint density at radius 1 is 1.29 bits per heavy atom. The van der Waals surface area contributed by atoms with Crippen LogP contribution in [0.3, 0.4) is 0 Å². The quantitative estimate of drug-likeness (QED) is 0.515. The number of rotatable bonds is 3. The average Bonchev–Trinajstić information content (AvgIpc) is 2.40. The van der Waals surface area contributed by atoms with Crippen LogP contribution in [-0.4, -0.2) is 10.8 Å². The fourth-order valence-corrected chi connectivity index (χ4v) is 1.85. The summed E-state index contributed by atoms with van der Waals surface area (Å²) in [6.45, 7) is 1.71. The first-order chi connectivity index (χ1) is 9.88. The number of aryl methyl sites for hydroxylation is 1. The molecule has 0 spiro atoms. The van der Waals surface area contributed by atoms with Gasteiger partial charge in [-0.2, -0.15) is 0 Å². The lowest BCUT2D eigenvalue weighted by atomic mass is 10.1. The zero-order chi connectivity index (χ0) is 15.6. The number of halogens is 1. The Kier molecular flexibility index (Phi) is 3.84. The van der Waals surface area contributed by atoms with E-state index in [0.29, 0.717) is 16.8 Å². The van der Waals surface area contributed by atoms with Gasteiger partial charge in [0.05, 0.1) is 16.7 Å². The molecule has 2 aromatic carbocycles. The number of amides is 1. The molecule has 0 fully saturated rings. The van der Waals surface area contributed by atoms with Crippen molar-refractivity contribution in [2.75, 3.05) is 11.1 Å². The van der Waals surface area contributed by atoms with Gasteiger partial charge in [-0.25, -0.2) is 4.39 Å². The molecule has 0 radical (unpaired) electrons. The number of anilines is 2. The minimum Gasteiger partial charge on any atom is -0.399 e. The first-order valence-corrected chi connectivity index (χ1v) is 6.00. The molecule has 0 aromatic heterocycles. The molecule has 2 aromatic rings. The van der Waals surface area contributed by atoms with Crippen LogP contribution in [-0.2, 0) is 0 Å². The van der Waals surface area contributed by atoms with Crippen LogP contribution in [0.15, 0.2) is 36.4 Å². The van der Waals surface area contributed by atoms with Crippen molar-refractivity contribution in [1.29, 1.82) is 0 Å². The molecule has 0 saturated carbocycles. The molecule has 0 heterocycles. The molecule has 0 saturated heterocycles. The zero-order valence-electron chi connectivity index (χ0n) is 11.1. The summed E-state index contributed by atoms with van der Waals surface area (Å²) >= 11 is 0. The molecule has 21 heavy (non-hydrogen) atoms. The topological polar surface area (TPSA) is 98.3 Å². The molecule has 108 valence electrons. The average molecular weight is 289 g/mol. The number of hydrogen-bond donors (Lipinski definition) is 2. The van der Waals surface area contributed by atoms with Gasteiger partial charge in [0.1, 0.15) is 0 Å². The van der Waals surface area contributed by atoms with E-state index in [9.17, 15) is 19.3 Å². The van der Waals surface area contributed by atoms with E-state index in [1.807, 2.05) is 0 Å².